The number of rotatable bonds is 5. The fourth-order valence-corrected chi connectivity index (χ4v) is 5.38. The normalized spacial score (nSPS) is 29.7. The number of ether oxygens (including phenoxy) is 1. The largest absolute Gasteiger partial charge is 0.493 e. The van der Waals surface area contributed by atoms with Crippen LogP contribution in [0.15, 0.2) is 24.3 Å². The first-order valence-corrected chi connectivity index (χ1v) is 11.5. The van der Waals surface area contributed by atoms with Gasteiger partial charge >= 0.3 is 0 Å². The van der Waals surface area contributed by atoms with E-state index in [0.717, 1.165) is 31.1 Å². The van der Waals surface area contributed by atoms with Crippen molar-refractivity contribution >= 4 is 15.7 Å². The average molecular weight is 380 g/mol. The van der Waals surface area contributed by atoms with Crippen LogP contribution in [0.5, 0.6) is 5.75 Å². The monoisotopic (exact) mass is 379 g/mol. The van der Waals surface area contributed by atoms with Crippen LogP contribution >= 0.6 is 0 Å². The number of piperazine rings is 1. The van der Waals surface area contributed by atoms with E-state index in [-0.39, 0.29) is 0 Å². The molecule has 4 rings (SSSR count). The highest BCUT2D eigenvalue weighted by Crippen LogP contribution is 2.31. The molecule has 0 aromatic heterocycles. The van der Waals surface area contributed by atoms with E-state index in [1.165, 1.54) is 31.9 Å². The van der Waals surface area contributed by atoms with Gasteiger partial charge in [-0.2, -0.15) is 4.31 Å². The third-order valence-corrected chi connectivity index (χ3v) is 7.27. The van der Waals surface area contributed by atoms with Gasteiger partial charge in [0.15, 0.2) is 0 Å². The molecule has 0 aliphatic carbocycles. The number of hydrogen-bond donors (Lipinski definition) is 1. The molecule has 3 atom stereocenters. The van der Waals surface area contributed by atoms with E-state index in [1.54, 1.807) is 4.31 Å². The predicted octanol–water partition coefficient (Wildman–Crippen LogP) is 1.68. The lowest BCUT2D eigenvalue weighted by atomic mass is 9.93. The molecule has 0 spiro atoms. The lowest BCUT2D eigenvalue weighted by Crippen LogP contribution is -2.48. The first kappa shape index (κ1) is 18.1. The Morgan fingerprint density at radius 2 is 1.65 bits per heavy atom. The molecule has 26 heavy (non-hydrogen) atoms. The SMILES string of the molecule is CS(=O)(=O)N1CCN(c2ccc(OC[C@H]3C[C@H]4CC[C@@H](C3)N4)cc2)CC1. The van der Waals surface area contributed by atoms with Crippen LogP contribution in [0.3, 0.4) is 0 Å². The van der Waals surface area contributed by atoms with Crippen molar-refractivity contribution in [1.29, 1.82) is 0 Å². The van der Waals surface area contributed by atoms with Gasteiger partial charge in [-0.1, -0.05) is 0 Å². The molecule has 1 N–H and O–H groups in total. The van der Waals surface area contributed by atoms with Gasteiger partial charge < -0.3 is 15.0 Å². The molecule has 0 amide bonds. The van der Waals surface area contributed by atoms with Crippen LogP contribution in [0.1, 0.15) is 25.7 Å². The predicted molar refractivity (Wildman–Crippen MR) is 103 cm³/mol. The highest BCUT2D eigenvalue weighted by molar-refractivity contribution is 7.88. The number of sulfonamides is 1. The zero-order chi connectivity index (χ0) is 18.1. The lowest BCUT2D eigenvalue weighted by molar-refractivity contribution is 0.190. The minimum absolute atomic E-state index is 0.551. The van der Waals surface area contributed by atoms with E-state index in [9.17, 15) is 8.42 Å². The summed E-state index contributed by atoms with van der Waals surface area (Å²) in [5, 5.41) is 3.67. The summed E-state index contributed by atoms with van der Waals surface area (Å²) < 4.78 is 30.8. The molecule has 1 aromatic rings. The molecular formula is C19H29N3O3S. The van der Waals surface area contributed by atoms with E-state index < -0.39 is 10.0 Å². The van der Waals surface area contributed by atoms with Gasteiger partial charge in [0.05, 0.1) is 12.9 Å². The Hall–Kier alpha value is -1.31. The van der Waals surface area contributed by atoms with Crippen LogP contribution in [0.25, 0.3) is 0 Å². The molecule has 0 radical (unpaired) electrons. The van der Waals surface area contributed by atoms with Gasteiger partial charge in [-0.05, 0) is 55.9 Å². The number of fused-ring (bicyclic) bond motifs is 2. The molecule has 0 saturated carbocycles. The summed E-state index contributed by atoms with van der Waals surface area (Å²) in [6.07, 6.45) is 6.39. The van der Waals surface area contributed by atoms with Gasteiger partial charge in [-0.25, -0.2) is 8.42 Å². The number of nitrogens with one attached hydrogen (secondary N) is 1. The molecule has 3 fully saturated rings. The minimum Gasteiger partial charge on any atom is -0.493 e. The number of anilines is 1. The fraction of sp³-hybridized carbons (Fsp3) is 0.684. The summed E-state index contributed by atoms with van der Waals surface area (Å²) in [6, 6.07) is 9.64. The van der Waals surface area contributed by atoms with Crippen molar-refractivity contribution < 1.29 is 13.2 Å². The van der Waals surface area contributed by atoms with E-state index in [4.69, 9.17) is 4.74 Å². The Bertz CT molecular complexity index is 702. The quantitative estimate of drug-likeness (QED) is 0.843. The second-order valence-corrected chi connectivity index (χ2v) is 9.91. The summed E-state index contributed by atoms with van der Waals surface area (Å²) in [4.78, 5) is 2.23. The smallest absolute Gasteiger partial charge is 0.211 e. The molecule has 0 unspecified atom stereocenters. The Kier molecular flexibility index (Phi) is 5.12. The maximum atomic E-state index is 11.6. The van der Waals surface area contributed by atoms with Crippen LogP contribution in [0.4, 0.5) is 5.69 Å². The van der Waals surface area contributed by atoms with Gasteiger partial charge in [-0.3, -0.25) is 0 Å². The zero-order valence-corrected chi connectivity index (χ0v) is 16.2. The van der Waals surface area contributed by atoms with Crippen LogP contribution in [-0.4, -0.2) is 63.8 Å². The van der Waals surface area contributed by atoms with E-state index in [0.29, 0.717) is 31.1 Å². The first-order chi connectivity index (χ1) is 12.5. The molecule has 3 heterocycles. The van der Waals surface area contributed by atoms with E-state index in [1.807, 2.05) is 12.1 Å². The Labute approximate surface area is 156 Å². The summed E-state index contributed by atoms with van der Waals surface area (Å²) in [6.45, 7) is 3.36. The zero-order valence-electron chi connectivity index (χ0n) is 15.4. The highest BCUT2D eigenvalue weighted by Gasteiger charge is 2.33. The van der Waals surface area contributed by atoms with Crippen LogP contribution in [-0.2, 0) is 10.0 Å². The number of hydrogen-bond acceptors (Lipinski definition) is 5. The first-order valence-electron chi connectivity index (χ1n) is 9.66. The average Bonchev–Trinajstić information content (AvgIpc) is 2.98. The molecule has 2 bridgehead atoms. The maximum absolute atomic E-state index is 11.6. The molecule has 1 aromatic carbocycles. The number of nitrogens with zero attached hydrogens (tertiary/aromatic N) is 2. The Morgan fingerprint density at radius 3 is 2.23 bits per heavy atom. The highest BCUT2D eigenvalue weighted by atomic mass is 32.2. The fourth-order valence-electron chi connectivity index (χ4n) is 4.56. The van der Waals surface area contributed by atoms with Crippen molar-refractivity contribution in [1.82, 2.24) is 9.62 Å². The van der Waals surface area contributed by atoms with Gasteiger partial charge in [0.2, 0.25) is 10.0 Å². The number of piperidine rings is 1. The van der Waals surface area contributed by atoms with Crippen molar-refractivity contribution in [3.05, 3.63) is 24.3 Å². The van der Waals surface area contributed by atoms with Crippen molar-refractivity contribution in [3.63, 3.8) is 0 Å². The van der Waals surface area contributed by atoms with Gasteiger partial charge in [0.25, 0.3) is 0 Å². The summed E-state index contributed by atoms with van der Waals surface area (Å²) in [7, 11) is -3.08. The topological polar surface area (TPSA) is 61.9 Å². The molecule has 6 nitrogen and oxygen atoms in total. The van der Waals surface area contributed by atoms with Crippen molar-refractivity contribution in [2.75, 3.05) is 43.9 Å². The summed E-state index contributed by atoms with van der Waals surface area (Å²) in [5.74, 6) is 1.59. The lowest BCUT2D eigenvalue weighted by Gasteiger charge is -2.34. The van der Waals surface area contributed by atoms with Gasteiger partial charge in [0.1, 0.15) is 5.75 Å². The van der Waals surface area contributed by atoms with Crippen LogP contribution in [0.2, 0.25) is 0 Å². The van der Waals surface area contributed by atoms with Gasteiger partial charge in [-0.15, -0.1) is 0 Å². The molecular weight excluding hydrogens is 350 g/mol. The Balaban J connectivity index is 1.27. The molecule has 3 aliphatic heterocycles. The third-order valence-electron chi connectivity index (χ3n) is 5.97. The van der Waals surface area contributed by atoms with Gasteiger partial charge in [0, 0.05) is 44.0 Å². The third kappa shape index (κ3) is 4.15. The molecule has 3 saturated heterocycles. The molecule has 7 heteroatoms. The second kappa shape index (κ2) is 7.37. The van der Waals surface area contributed by atoms with E-state index >= 15 is 0 Å². The van der Waals surface area contributed by atoms with Crippen LogP contribution < -0.4 is 15.0 Å². The van der Waals surface area contributed by atoms with Crippen molar-refractivity contribution in [2.24, 2.45) is 5.92 Å². The van der Waals surface area contributed by atoms with Crippen molar-refractivity contribution in [3.8, 4) is 5.75 Å². The molecule has 3 aliphatic rings. The number of benzene rings is 1. The second-order valence-electron chi connectivity index (χ2n) is 7.93. The standard InChI is InChI=1S/C19H29N3O3S/c1-26(23,24)22-10-8-21(9-11-22)18-4-6-19(7-5-18)25-14-15-12-16-2-3-17(13-15)20-16/h4-7,15-17,20H,2-3,8-14H2,1H3/t15-,16+,17-. The molecule has 144 valence electrons. The minimum atomic E-state index is -3.08. The van der Waals surface area contributed by atoms with Crippen LogP contribution in [0, 0.1) is 5.92 Å². The van der Waals surface area contributed by atoms with E-state index in [2.05, 4.69) is 22.3 Å². The maximum Gasteiger partial charge on any atom is 0.211 e. The summed E-state index contributed by atoms with van der Waals surface area (Å²) >= 11 is 0. The Morgan fingerprint density at radius 1 is 1.04 bits per heavy atom. The summed E-state index contributed by atoms with van der Waals surface area (Å²) in [5.41, 5.74) is 1.13. The van der Waals surface area contributed by atoms with Crippen molar-refractivity contribution in [2.45, 2.75) is 37.8 Å².